The van der Waals surface area contributed by atoms with Gasteiger partial charge in [0.25, 0.3) is 0 Å². The number of nitrogens with zero attached hydrogens (tertiary/aromatic N) is 2. The fraction of sp³-hybridized carbons (Fsp3) is 0.857. The number of hydrogen-bond donors (Lipinski definition) is 1. The summed E-state index contributed by atoms with van der Waals surface area (Å²) in [6.07, 6.45) is 1.98. The van der Waals surface area contributed by atoms with E-state index in [2.05, 4.69) is 10.2 Å². The molecular formula is C14H27N3O2. The summed E-state index contributed by atoms with van der Waals surface area (Å²) in [4.78, 5) is 27.9. The van der Waals surface area contributed by atoms with Crippen molar-refractivity contribution in [2.45, 2.75) is 39.7 Å². The molecule has 2 amide bonds. The molecule has 110 valence electrons. The predicted octanol–water partition coefficient (Wildman–Crippen LogP) is 0.701. The minimum Gasteiger partial charge on any atom is -0.342 e. The van der Waals surface area contributed by atoms with Gasteiger partial charge in [-0.3, -0.25) is 9.59 Å². The zero-order valence-corrected chi connectivity index (χ0v) is 12.8. The Morgan fingerprint density at radius 3 is 2.42 bits per heavy atom. The quantitative estimate of drug-likeness (QED) is 0.748. The van der Waals surface area contributed by atoms with Gasteiger partial charge in [-0.1, -0.05) is 20.8 Å². The van der Waals surface area contributed by atoms with Crippen LogP contribution in [0.1, 0.15) is 33.6 Å². The van der Waals surface area contributed by atoms with Crippen molar-refractivity contribution < 1.29 is 9.59 Å². The Labute approximate surface area is 116 Å². The first-order valence-electron chi connectivity index (χ1n) is 6.94. The fourth-order valence-electron chi connectivity index (χ4n) is 2.21. The highest BCUT2D eigenvalue weighted by atomic mass is 16.2. The Hall–Kier alpha value is -1.10. The third-order valence-electron chi connectivity index (χ3n) is 3.35. The minimum atomic E-state index is -0.400. The van der Waals surface area contributed by atoms with Gasteiger partial charge < -0.3 is 15.1 Å². The summed E-state index contributed by atoms with van der Waals surface area (Å²) in [5.41, 5.74) is -0.241. The second kappa shape index (κ2) is 6.37. The molecule has 1 heterocycles. The number of hydrogen-bond acceptors (Lipinski definition) is 3. The van der Waals surface area contributed by atoms with Gasteiger partial charge in [0.1, 0.15) is 6.04 Å². The predicted molar refractivity (Wildman–Crippen MR) is 75.8 cm³/mol. The molecule has 1 aliphatic rings. The molecule has 0 spiro atoms. The smallest absolute Gasteiger partial charge is 0.246 e. The maximum atomic E-state index is 12.3. The lowest BCUT2D eigenvalue weighted by molar-refractivity contribution is -0.147. The summed E-state index contributed by atoms with van der Waals surface area (Å²) in [6.45, 7) is 7.82. The number of rotatable bonds is 5. The molecule has 0 radical (unpaired) electrons. The van der Waals surface area contributed by atoms with Gasteiger partial charge >= 0.3 is 0 Å². The normalized spacial score (nSPS) is 20.9. The minimum absolute atomic E-state index is 0.0489. The molecule has 0 bridgehead atoms. The van der Waals surface area contributed by atoms with Crippen molar-refractivity contribution in [3.8, 4) is 0 Å². The molecule has 1 fully saturated rings. The molecule has 1 unspecified atom stereocenters. The van der Waals surface area contributed by atoms with Crippen LogP contribution in [0.4, 0.5) is 0 Å². The zero-order valence-electron chi connectivity index (χ0n) is 12.8. The van der Waals surface area contributed by atoms with Gasteiger partial charge in [0, 0.05) is 6.54 Å². The van der Waals surface area contributed by atoms with Crippen LogP contribution in [-0.2, 0) is 9.59 Å². The van der Waals surface area contributed by atoms with E-state index < -0.39 is 6.04 Å². The van der Waals surface area contributed by atoms with Crippen LogP contribution < -0.4 is 5.32 Å². The third kappa shape index (κ3) is 4.82. The van der Waals surface area contributed by atoms with E-state index in [9.17, 15) is 9.59 Å². The van der Waals surface area contributed by atoms with Crippen LogP contribution in [0.3, 0.4) is 0 Å². The van der Waals surface area contributed by atoms with Crippen LogP contribution in [-0.4, -0.2) is 61.4 Å². The molecule has 1 rings (SSSR count). The second-order valence-corrected chi connectivity index (χ2v) is 6.64. The third-order valence-corrected chi connectivity index (χ3v) is 3.35. The Morgan fingerprint density at radius 2 is 1.89 bits per heavy atom. The maximum Gasteiger partial charge on any atom is 0.246 e. The van der Waals surface area contributed by atoms with E-state index in [0.29, 0.717) is 6.54 Å². The zero-order chi connectivity index (χ0) is 14.6. The van der Waals surface area contributed by atoms with Crippen molar-refractivity contribution >= 4 is 11.8 Å². The standard InChI is InChI=1S/C14H27N3O2/c1-14(2,3)12-13(19)17(10-11(18)15-12)9-7-6-8-16(4)5/h12H,6-10H2,1-5H3,(H,15,18). The van der Waals surface area contributed by atoms with E-state index in [1.807, 2.05) is 34.9 Å². The molecule has 5 nitrogen and oxygen atoms in total. The lowest BCUT2D eigenvalue weighted by Gasteiger charge is -2.39. The fourth-order valence-corrected chi connectivity index (χ4v) is 2.21. The van der Waals surface area contributed by atoms with Crippen LogP contribution in [0.2, 0.25) is 0 Å². The molecule has 1 N–H and O–H groups in total. The molecule has 0 aromatic carbocycles. The molecule has 0 aromatic rings. The first-order valence-corrected chi connectivity index (χ1v) is 6.94. The summed E-state index contributed by atoms with van der Waals surface area (Å²) in [7, 11) is 4.07. The molecule has 5 heteroatoms. The molecule has 1 atom stereocenters. The van der Waals surface area contributed by atoms with Crippen LogP contribution in [0.15, 0.2) is 0 Å². The van der Waals surface area contributed by atoms with Gasteiger partial charge in [-0.05, 0) is 38.9 Å². The van der Waals surface area contributed by atoms with E-state index in [-0.39, 0.29) is 23.8 Å². The Balaban J connectivity index is 2.53. The summed E-state index contributed by atoms with van der Waals surface area (Å²) in [5.74, 6) is 0.00378. The molecule has 1 saturated heterocycles. The maximum absolute atomic E-state index is 12.3. The van der Waals surface area contributed by atoms with Crippen molar-refractivity contribution in [1.29, 1.82) is 0 Å². The largest absolute Gasteiger partial charge is 0.342 e. The first-order chi connectivity index (χ1) is 8.71. The average molecular weight is 269 g/mol. The number of unbranched alkanes of at least 4 members (excludes halogenated alkanes) is 1. The van der Waals surface area contributed by atoms with Crippen molar-refractivity contribution in [2.24, 2.45) is 5.41 Å². The van der Waals surface area contributed by atoms with Gasteiger partial charge in [-0.25, -0.2) is 0 Å². The molecule has 19 heavy (non-hydrogen) atoms. The summed E-state index contributed by atoms with van der Waals surface area (Å²) in [6, 6.07) is -0.400. The monoisotopic (exact) mass is 269 g/mol. The molecule has 0 aliphatic carbocycles. The van der Waals surface area contributed by atoms with Crippen molar-refractivity contribution in [2.75, 3.05) is 33.7 Å². The number of amides is 2. The highest BCUT2D eigenvalue weighted by Gasteiger charge is 2.39. The van der Waals surface area contributed by atoms with Crippen molar-refractivity contribution in [1.82, 2.24) is 15.1 Å². The molecule has 0 aromatic heterocycles. The molecule has 0 saturated carbocycles. The molecular weight excluding hydrogens is 242 g/mol. The lowest BCUT2D eigenvalue weighted by Crippen LogP contribution is -2.62. The van der Waals surface area contributed by atoms with Gasteiger partial charge in [-0.2, -0.15) is 0 Å². The number of piperazine rings is 1. The average Bonchev–Trinajstić information content (AvgIpc) is 2.26. The highest BCUT2D eigenvalue weighted by Crippen LogP contribution is 2.23. The SMILES string of the molecule is CN(C)CCCCN1CC(=O)NC(C(C)(C)C)C1=O. The highest BCUT2D eigenvalue weighted by molar-refractivity contribution is 5.95. The van der Waals surface area contributed by atoms with E-state index in [0.717, 1.165) is 19.4 Å². The number of nitrogens with one attached hydrogen (secondary N) is 1. The number of carbonyl (C=O) groups excluding carboxylic acids is 2. The van der Waals surface area contributed by atoms with Crippen molar-refractivity contribution in [3.63, 3.8) is 0 Å². The van der Waals surface area contributed by atoms with Gasteiger partial charge in [0.2, 0.25) is 11.8 Å². The Kier molecular flexibility index (Phi) is 5.35. The van der Waals surface area contributed by atoms with Crippen LogP contribution in [0, 0.1) is 5.41 Å². The van der Waals surface area contributed by atoms with Crippen LogP contribution in [0.5, 0.6) is 0 Å². The first kappa shape index (κ1) is 16.0. The van der Waals surface area contributed by atoms with Crippen LogP contribution >= 0.6 is 0 Å². The van der Waals surface area contributed by atoms with E-state index in [1.54, 1.807) is 4.90 Å². The van der Waals surface area contributed by atoms with E-state index in [1.165, 1.54) is 0 Å². The van der Waals surface area contributed by atoms with E-state index in [4.69, 9.17) is 0 Å². The molecule has 1 aliphatic heterocycles. The van der Waals surface area contributed by atoms with Gasteiger partial charge in [-0.15, -0.1) is 0 Å². The lowest BCUT2D eigenvalue weighted by atomic mass is 9.84. The van der Waals surface area contributed by atoms with Gasteiger partial charge in [0.15, 0.2) is 0 Å². The summed E-state index contributed by atoms with van der Waals surface area (Å²) < 4.78 is 0. The Bertz CT molecular complexity index is 334. The van der Waals surface area contributed by atoms with Gasteiger partial charge in [0.05, 0.1) is 6.54 Å². The second-order valence-electron chi connectivity index (χ2n) is 6.64. The topological polar surface area (TPSA) is 52.6 Å². The summed E-state index contributed by atoms with van der Waals surface area (Å²) >= 11 is 0. The van der Waals surface area contributed by atoms with E-state index >= 15 is 0 Å². The van der Waals surface area contributed by atoms with Crippen LogP contribution in [0.25, 0.3) is 0 Å². The van der Waals surface area contributed by atoms with Crippen molar-refractivity contribution in [3.05, 3.63) is 0 Å². The summed E-state index contributed by atoms with van der Waals surface area (Å²) in [5, 5.41) is 2.81. The number of carbonyl (C=O) groups is 2. The Morgan fingerprint density at radius 1 is 1.26 bits per heavy atom.